The Morgan fingerprint density at radius 2 is 1.86 bits per heavy atom. The van der Waals surface area contributed by atoms with Crippen molar-refractivity contribution in [3.63, 3.8) is 0 Å². The number of likely N-dealkylation sites (N-methyl/N-ethyl adjacent to an activating group) is 1. The first kappa shape index (κ1) is 10.9. The monoisotopic (exact) mass is 191 g/mol. The molecule has 0 aromatic heterocycles. The molecule has 14 heavy (non-hydrogen) atoms. The lowest BCUT2D eigenvalue weighted by Crippen LogP contribution is -2.20. The SMILES string of the molecule is CCc1ccc(C(C=O)N(C)C)cc1. The van der Waals surface area contributed by atoms with Crippen LogP contribution in [0.4, 0.5) is 0 Å². The van der Waals surface area contributed by atoms with E-state index in [9.17, 15) is 4.79 Å². The molecule has 1 unspecified atom stereocenters. The summed E-state index contributed by atoms with van der Waals surface area (Å²) in [7, 11) is 3.82. The van der Waals surface area contributed by atoms with Crippen molar-refractivity contribution in [3.05, 3.63) is 35.4 Å². The van der Waals surface area contributed by atoms with Crippen molar-refractivity contribution >= 4 is 6.29 Å². The lowest BCUT2D eigenvalue weighted by Gasteiger charge is -2.18. The van der Waals surface area contributed by atoms with E-state index in [1.807, 2.05) is 31.1 Å². The molecule has 0 aliphatic carbocycles. The van der Waals surface area contributed by atoms with E-state index in [1.165, 1.54) is 5.56 Å². The van der Waals surface area contributed by atoms with E-state index >= 15 is 0 Å². The molecule has 0 aliphatic heterocycles. The van der Waals surface area contributed by atoms with Crippen LogP contribution in [0.1, 0.15) is 24.1 Å². The molecule has 1 aromatic rings. The summed E-state index contributed by atoms with van der Waals surface area (Å²) in [6.45, 7) is 2.12. The molecule has 0 saturated carbocycles. The molecule has 0 spiro atoms. The highest BCUT2D eigenvalue weighted by Crippen LogP contribution is 2.16. The van der Waals surface area contributed by atoms with Crippen molar-refractivity contribution < 1.29 is 4.79 Å². The van der Waals surface area contributed by atoms with Crippen LogP contribution in [0.3, 0.4) is 0 Å². The third kappa shape index (κ3) is 2.42. The lowest BCUT2D eigenvalue weighted by atomic mass is 10.0. The van der Waals surface area contributed by atoms with Gasteiger partial charge in [-0.3, -0.25) is 4.90 Å². The summed E-state index contributed by atoms with van der Waals surface area (Å²) in [6, 6.07) is 8.08. The van der Waals surface area contributed by atoms with Gasteiger partial charge >= 0.3 is 0 Å². The molecule has 1 rings (SSSR count). The number of aryl methyl sites for hydroxylation is 1. The molecular formula is C12H17NO. The molecule has 0 heterocycles. The molecule has 0 bridgehead atoms. The van der Waals surface area contributed by atoms with Crippen LogP contribution in [0, 0.1) is 0 Å². The van der Waals surface area contributed by atoms with Gasteiger partial charge in [-0.2, -0.15) is 0 Å². The molecule has 0 radical (unpaired) electrons. The van der Waals surface area contributed by atoms with E-state index in [2.05, 4.69) is 19.1 Å². The molecular weight excluding hydrogens is 174 g/mol. The van der Waals surface area contributed by atoms with E-state index in [0.717, 1.165) is 18.3 Å². The van der Waals surface area contributed by atoms with E-state index in [4.69, 9.17) is 0 Å². The Balaban J connectivity index is 2.89. The summed E-state index contributed by atoms with van der Waals surface area (Å²) in [5, 5.41) is 0. The van der Waals surface area contributed by atoms with Crippen LogP contribution in [0.25, 0.3) is 0 Å². The van der Waals surface area contributed by atoms with E-state index in [1.54, 1.807) is 0 Å². The van der Waals surface area contributed by atoms with Gasteiger partial charge in [0.25, 0.3) is 0 Å². The van der Waals surface area contributed by atoms with Crippen LogP contribution in [0.5, 0.6) is 0 Å². The quantitative estimate of drug-likeness (QED) is 0.679. The zero-order valence-electron chi connectivity index (χ0n) is 9.03. The number of hydrogen-bond acceptors (Lipinski definition) is 2. The Labute approximate surface area is 85.5 Å². The zero-order chi connectivity index (χ0) is 10.6. The topological polar surface area (TPSA) is 20.3 Å². The number of carbonyl (C=O) groups is 1. The first-order valence-corrected chi connectivity index (χ1v) is 4.89. The smallest absolute Gasteiger partial charge is 0.141 e. The summed E-state index contributed by atoms with van der Waals surface area (Å²) in [5.41, 5.74) is 2.36. The van der Waals surface area contributed by atoms with Crippen molar-refractivity contribution in [2.45, 2.75) is 19.4 Å². The van der Waals surface area contributed by atoms with Gasteiger partial charge in [0, 0.05) is 0 Å². The lowest BCUT2D eigenvalue weighted by molar-refractivity contribution is -0.111. The first-order valence-electron chi connectivity index (χ1n) is 4.89. The van der Waals surface area contributed by atoms with Gasteiger partial charge in [0.05, 0.1) is 6.04 Å². The average Bonchev–Trinajstić information content (AvgIpc) is 2.19. The van der Waals surface area contributed by atoms with Crippen LogP contribution >= 0.6 is 0 Å². The van der Waals surface area contributed by atoms with Gasteiger partial charge < -0.3 is 4.79 Å². The van der Waals surface area contributed by atoms with Gasteiger partial charge in [-0.05, 0) is 31.6 Å². The van der Waals surface area contributed by atoms with Crippen LogP contribution in [0.15, 0.2) is 24.3 Å². The molecule has 1 atom stereocenters. The van der Waals surface area contributed by atoms with E-state index in [-0.39, 0.29) is 6.04 Å². The van der Waals surface area contributed by atoms with Gasteiger partial charge in [0.2, 0.25) is 0 Å². The number of benzene rings is 1. The number of nitrogens with zero attached hydrogens (tertiary/aromatic N) is 1. The summed E-state index contributed by atoms with van der Waals surface area (Å²) < 4.78 is 0. The minimum Gasteiger partial charge on any atom is -0.301 e. The van der Waals surface area contributed by atoms with Gasteiger partial charge in [-0.25, -0.2) is 0 Å². The fraction of sp³-hybridized carbons (Fsp3) is 0.417. The third-order valence-corrected chi connectivity index (χ3v) is 2.41. The summed E-state index contributed by atoms with van der Waals surface area (Å²) >= 11 is 0. The summed E-state index contributed by atoms with van der Waals surface area (Å²) in [6.07, 6.45) is 2.01. The maximum Gasteiger partial charge on any atom is 0.141 e. The third-order valence-electron chi connectivity index (χ3n) is 2.41. The molecule has 2 heteroatoms. The van der Waals surface area contributed by atoms with Gasteiger partial charge in [0.15, 0.2) is 0 Å². The highest BCUT2D eigenvalue weighted by atomic mass is 16.1. The fourth-order valence-electron chi connectivity index (χ4n) is 1.45. The average molecular weight is 191 g/mol. The Morgan fingerprint density at radius 1 is 1.29 bits per heavy atom. The van der Waals surface area contributed by atoms with Crippen molar-refractivity contribution in [2.75, 3.05) is 14.1 Å². The van der Waals surface area contributed by atoms with Crippen molar-refractivity contribution in [3.8, 4) is 0 Å². The molecule has 0 fully saturated rings. The number of carbonyl (C=O) groups excluding carboxylic acids is 1. The Bertz CT molecular complexity index is 290. The zero-order valence-corrected chi connectivity index (χ0v) is 9.03. The first-order chi connectivity index (χ1) is 6.69. The number of hydrogen-bond donors (Lipinski definition) is 0. The van der Waals surface area contributed by atoms with Gasteiger partial charge in [0.1, 0.15) is 6.29 Å². The Morgan fingerprint density at radius 3 is 2.21 bits per heavy atom. The predicted molar refractivity (Wildman–Crippen MR) is 58.3 cm³/mol. The minimum atomic E-state index is -0.124. The van der Waals surface area contributed by atoms with Crippen molar-refractivity contribution in [1.82, 2.24) is 4.90 Å². The summed E-state index contributed by atoms with van der Waals surface area (Å²) in [4.78, 5) is 12.8. The fourth-order valence-corrected chi connectivity index (χ4v) is 1.45. The molecule has 0 amide bonds. The van der Waals surface area contributed by atoms with E-state index < -0.39 is 0 Å². The van der Waals surface area contributed by atoms with Gasteiger partial charge in [-0.15, -0.1) is 0 Å². The Hall–Kier alpha value is -1.15. The second-order valence-electron chi connectivity index (χ2n) is 3.64. The molecule has 2 nitrogen and oxygen atoms in total. The number of aldehydes is 1. The standard InChI is InChI=1S/C12H17NO/c1-4-10-5-7-11(8-6-10)12(9-14)13(2)3/h5-9,12H,4H2,1-3H3. The van der Waals surface area contributed by atoms with Crippen molar-refractivity contribution in [2.24, 2.45) is 0 Å². The van der Waals surface area contributed by atoms with Crippen LogP contribution < -0.4 is 0 Å². The summed E-state index contributed by atoms with van der Waals surface area (Å²) in [5.74, 6) is 0. The highest BCUT2D eigenvalue weighted by Gasteiger charge is 2.11. The normalized spacial score (nSPS) is 12.9. The largest absolute Gasteiger partial charge is 0.301 e. The maximum absolute atomic E-state index is 10.9. The van der Waals surface area contributed by atoms with Crippen molar-refractivity contribution in [1.29, 1.82) is 0 Å². The number of rotatable bonds is 4. The predicted octanol–water partition coefficient (Wildman–Crippen LogP) is 2.05. The van der Waals surface area contributed by atoms with Crippen LogP contribution in [0.2, 0.25) is 0 Å². The van der Waals surface area contributed by atoms with E-state index in [0.29, 0.717) is 0 Å². The highest BCUT2D eigenvalue weighted by molar-refractivity contribution is 5.61. The molecule has 0 aliphatic rings. The molecule has 0 N–H and O–H groups in total. The van der Waals surface area contributed by atoms with Gasteiger partial charge in [-0.1, -0.05) is 31.2 Å². The second kappa shape index (κ2) is 4.91. The van der Waals surface area contributed by atoms with Crippen LogP contribution in [-0.4, -0.2) is 25.3 Å². The molecule has 76 valence electrons. The minimum absolute atomic E-state index is 0.124. The molecule has 0 saturated heterocycles. The van der Waals surface area contributed by atoms with Crippen LogP contribution in [-0.2, 0) is 11.2 Å². The molecule has 1 aromatic carbocycles. The Kier molecular flexibility index (Phi) is 3.84. The maximum atomic E-state index is 10.9. The second-order valence-corrected chi connectivity index (χ2v) is 3.64.